The molecule has 0 atom stereocenters. The lowest BCUT2D eigenvalue weighted by Crippen LogP contribution is -2.31. The lowest BCUT2D eigenvalue weighted by molar-refractivity contribution is -0.122. The highest BCUT2D eigenvalue weighted by molar-refractivity contribution is 6.14. The molecule has 2 rings (SSSR count). The van der Waals surface area contributed by atoms with Crippen LogP contribution in [0.25, 0.3) is 6.08 Å². The molecule has 0 unspecified atom stereocenters. The van der Waals surface area contributed by atoms with Crippen LogP contribution in [-0.4, -0.2) is 30.0 Å². The molecule has 1 N–H and O–H groups in total. The van der Waals surface area contributed by atoms with Crippen molar-refractivity contribution < 1.29 is 14.3 Å². The molecule has 130 valence electrons. The minimum atomic E-state index is -0.347. The number of carbonyl (C=O) groups is 2. The summed E-state index contributed by atoms with van der Waals surface area (Å²) in [5.41, 5.74) is 3.35. The molecule has 5 heteroatoms. The largest absolute Gasteiger partial charge is 0.494 e. The second kappa shape index (κ2) is 7.51. The molecule has 24 heavy (non-hydrogen) atoms. The van der Waals surface area contributed by atoms with Gasteiger partial charge in [0.25, 0.3) is 5.91 Å². The molecule has 1 aliphatic heterocycles. The molecule has 1 fully saturated rings. The Balaban J connectivity index is 2.41. The van der Waals surface area contributed by atoms with Crippen LogP contribution in [0.3, 0.4) is 0 Å². The quantitative estimate of drug-likeness (QED) is 0.637. The van der Waals surface area contributed by atoms with Gasteiger partial charge in [0.1, 0.15) is 11.4 Å². The number of aryl methyl sites for hydroxylation is 1. The third kappa shape index (κ3) is 3.61. The number of hydrogen-bond acceptors (Lipinski definition) is 3. The molecule has 1 aromatic carbocycles. The van der Waals surface area contributed by atoms with Crippen LogP contribution in [0.4, 0.5) is 4.79 Å². The summed E-state index contributed by atoms with van der Waals surface area (Å²) in [5, 5.41) is 2.67. The summed E-state index contributed by atoms with van der Waals surface area (Å²) in [6.45, 7) is 11.1. The van der Waals surface area contributed by atoms with Gasteiger partial charge < -0.3 is 10.1 Å². The van der Waals surface area contributed by atoms with E-state index in [0.717, 1.165) is 28.9 Å². The molecule has 1 heterocycles. The Bertz CT molecular complexity index is 677. The van der Waals surface area contributed by atoms with Gasteiger partial charge in [-0.2, -0.15) is 0 Å². The Morgan fingerprint density at radius 1 is 1.25 bits per heavy atom. The van der Waals surface area contributed by atoms with Crippen LogP contribution in [0.15, 0.2) is 17.8 Å². The molecule has 0 aromatic heterocycles. The van der Waals surface area contributed by atoms with Gasteiger partial charge in [0.05, 0.1) is 6.61 Å². The topological polar surface area (TPSA) is 58.6 Å². The number of hydrogen-bond donors (Lipinski definition) is 1. The van der Waals surface area contributed by atoms with E-state index in [-0.39, 0.29) is 11.9 Å². The molecule has 0 spiro atoms. The standard InChI is InChI=1S/C19H26N2O3/c1-6-8-21-18(22)16(20-19(21)23)11-14-10-15(12(3)4)17(24-7-2)9-13(14)5/h9-12H,6-8H2,1-5H3,(H,20,23)/b16-11+. The highest BCUT2D eigenvalue weighted by Crippen LogP contribution is 2.31. The first-order chi connectivity index (χ1) is 11.4. The number of amides is 3. The Morgan fingerprint density at radius 3 is 2.54 bits per heavy atom. The Labute approximate surface area is 143 Å². The highest BCUT2D eigenvalue weighted by atomic mass is 16.5. The fourth-order valence-electron chi connectivity index (χ4n) is 2.76. The van der Waals surface area contributed by atoms with Crippen molar-refractivity contribution in [3.63, 3.8) is 0 Å². The summed E-state index contributed by atoms with van der Waals surface area (Å²) in [6.07, 6.45) is 2.50. The summed E-state index contributed by atoms with van der Waals surface area (Å²) in [6, 6.07) is 3.69. The average molecular weight is 330 g/mol. The van der Waals surface area contributed by atoms with E-state index in [4.69, 9.17) is 4.74 Å². The number of carbonyl (C=O) groups excluding carboxylic acids is 2. The summed E-state index contributed by atoms with van der Waals surface area (Å²) in [7, 11) is 0. The van der Waals surface area contributed by atoms with Gasteiger partial charge >= 0.3 is 6.03 Å². The zero-order chi connectivity index (χ0) is 17.9. The maximum absolute atomic E-state index is 12.4. The lowest BCUT2D eigenvalue weighted by atomic mass is 9.96. The molecule has 3 amide bonds. The first kappa shape index (κ1) is 18.0. The third-order valence-electron chi connectivity index (χ3n) is 4.03. The van der Waals surface area contributed by atoms with E-state index in [1.54, 1.807) is 6.08 Å². The Hall–Kier alpha value is -2.30. The van der Waals surface area contributed by atoms with Crippen LogP contribution in [0.5, 0.6) is 5.75 Å². The normalized spacial score (nSPS) is 16.2. The summed E-state index contributed by atoms with van der Waals surface area (Å²) < 4.78 is 5.73. The van der Waals surface area contributed by atoms with Crippen molar-refractivity contribution in [2.75, 3.05) is 13.2 Å². The second-order valence-corrected chi connectivity index (χ2v) is 6.28. The first-order valence-corrected chi connectivity index (χ1v) is 8.50. The first-order valence-electron chi connectivity index (χ1n) is 8.50. The van der Waals surface area contributed by atoms with Crippen molar-refractivity contribution in [3.8, 4) is 5.75 Å². The Kier molecular flexibility index (Phi) is 5.65. The van der Waals surface area contributed by atoms with Gasteiger partial charge in [0.2, 0.25) is 0 Å². The number of urea groups is 1. The van der Waals surface area contributed by atoms with Crippen LogP contribution < -0.4 is 10.1 Å². The minimum Gasteiger partial charge on any atom is -0.494 e. The van der Waals surface area contributed by atoms with E-state index in [9.17, 15) is 9.59 Å². The Morgan fingerprint density at radius 2 is 1.96 bits per heavy atom. The smallest absolute Gasteiger partial charge is 0.329 e. The predicted molar refractivity (Wildman–Crippen MR) is 94.9 cm³/mol. The molecular weight excluding hydrogens is 304 g/mol. The van der Waals surface area contributed by atoms with Gasteiger partial charge in [-0.3, -0.25) is 9.69 Å². The fraction of sp³-hybridized carbons (Fsp3) is 0.474. The van der Waals surface area contributed by atoms with Gasteiger partial charge in [-0.25, -0.2) is 4.79 Å². The number of nitrogens with one attached hydrogen (secondary N) is 1. The molecule has 0 aliphatic carbocycles. The monoisotopic (exact) mass is 330 g/mol. The maximum Gasteiger partial charge on any atom is 0.329 e. The van der Waals surface area contributed by atoms with Crippen molar-refractivity contribution in [3.05, 3.63) is 34.5 Å². The maximum atomic E-state index is 12.4. The molecule has 0 saturated carbocycles. The van der Waals surface area contributed by atoms with Gasteiger partial charge in [0, 0.05) is 6.54 Å². The van der Waals surface area contributed by atoms with Crippen molar-refractivity contribution in [2.24, 2.45) is 0 Å². The summed E-state index contributed by atoms with van der Waals surface area (Å²) >= 11 is 0. The van der Waals surface area contributed by atoms with Gasteiger partial charge in [-0.05, 0) is 61.1 Å². The molecule has 1 aliphatic rings. The average Bonchev–Trinajstić information content (AvgIpc) is 2.78. The van der Waals surface area contributed by atoms with Crippen LogP contribution in [0, 0.1) is 6.92 Å². The summed E-state index contributed by atoms with van der Waals surface area (Å²) in [5.74, 6) is 0.914. The highest BCUT2D eigenvalue weighted by Gasteiger charge is 2.32. The van der Waals surface area contributed by atoms with E-state index in [2.05, 4.69) is 19.2 Å². The van der Waals surface area contributed by atoms with Crippen molar-refractivity contribution >= 4 is 18.0 Å². The van der Waals surface area contributed by atoms with Crippen LogP contribution in [0.1, 0.15) is 56.7 Å². The third-order valence-corrected chi connectivity index (χ3v) is 4.03. The van der Waals surface area contributed by atoms with Gasteiger partial charge in [-0.1, -0.05) is 20.8 Å². The minimum absolute atomic E-state index is 0.263. The second-order valence-electron chi connectivity index (χ2n) is 6.28. The van der Waals surface area contributed by atoms with Crippen LogP contribution in [0.2, 0.25) is 0 Å². The fourth-order valence-corrected chi connectivity index (χ4v) is 2.76. The lowest BCUT2D eigenvalue weighted by Gasteiger charge is -2.16. The van der Waals surface area contributed by atoms with Gasteiger partial charge in [-0.15, -0.1) is 0 Å². The zero-order valence-electron chi connectivity index (χ0n) is 15.1. The van der Waals surface area contributed by atoms with Gasteiger partial charge in [0.15, 0.2) is 0 Å². The number of rotatable bonds is 6. The summed E-state index contributed by atoms with van der Waals surface area (Å²) in [4.78, 5) is 25.5. The number of benzene rings is 1. The van der Waals surface area contributed by atoms with E-state index < -0.39 is 0 Å². The zero-order valence-corrected chi connectivity index (χ0v) is 15.1. The SMILES string of the molecule is CCCN1C(=O)N/C(=C/c2cc(C(C)C)c(OCC)cc2C)C1=O. The van der Waals surface area contributed by atoms with E-state index in [1.807, 2.05) is 32.9 Å². The molecular formula is C19H26N2O3. The molecule has 0 bridgehead atoms. The van der Waals surface area contributed by atoms with Crippen molar-refractivity contribution in [2.45, 2.75) is 47.0 Å². The van der Waals surface area contributed by atoms with Crippen LogP contribution in [-0.2, 0) is 4.79 Å². The van der Waals surface area contributed by atoms with E-state index in [1.165, 1.54) is 4.90 Å². The van der Waals surface area contributed by atoms with E-state index in [0.29, 0.717) is 24.8 Å². The number of imide groups is 1. The molecule has 1 aromatic rings. The predicted octanol–water partition coefficient (Wildman–Crippen LogP) is 3.82. The van der Waals surface area contributed by atoms with E-state index >= 15 is 0 Å². The van der Waals surface area contributed by atoms with Crippen molar-refractivity contribution in [1.29, 1.82) is 0 Å². The van der Waals surface area contributed by atoms with Crippen molar-refractivity contribution in [1.82, 2.24) is 10.2 Å². The molecule has 5 nitrogen and oxygen atoms in total. The molecule has 0 radical (unpaired) electrons. The molecule has 1 saturated heterocycles. The van der Waals surface area contributed by atoms with Crippen LogP contribution >= 0.6 is 0 Å². The number of nitrogens with zero attached hydrogens (tertiary/aromatic N) is 1. The number of ether oxygens (including phenoxy) is 1.